The van der Waals surface area contributed by atoms with E-state index in [-0.39, 0.29) is 5.54 Å². The van der Waals surface area contributed by atoms with Crippen LogP contribution in [0.1, 0.15) is 38.7 Å². The Labute approximate surface area is 85.5 Å². The molecule has 1 aliphatic heterocycles. The number of benzene rings is 1. The fourth-order valence-corrected chi connectivity index (χ4v) is 2.40. The average Bonchev–Trinajstić information content (AvgIpc) is 2.00. The third kappa shape index (κ3) is 1.57. The van der Waals surface area contributed by atoms with Crippen LogP contribution in [0.25, 0.3) is 0 Å². The van der Waals surface area contributed by atoms with Crippen LogP contribution < -0.4 is 11.1 Å². The van der Waals surface area contributed by atoms with Crippen LogP contribution in [0.15, 0.2) is 18.2 Å². The van der Waals surface area contributed by atoms with E-state index in [0.29, 0.717) is 5.92 Å². The molecule has 14 heavy (non-hydrogen) atoms. The van der Waals surface area contributed by atoms with Gasteiger partial charge >= 0.3 is 0 Å². The zero-order valence-corrected chi connectivity index (χ0v) is 9.09. The van der Waals surface area contributed by atoms with Gasteiger partial charge in [0.1, 0.15) is 0 Å². The van der Waals surface area contributed by atoms with Crippen LogP contribution >= 0.6 is 0 Å². The van der Waals surface area contributed by atoms with Crippen LogP contribution in [0, 0.1) is 0 Å². The number of anilines is 2. The van der Waals surface area contributed by atoms with Gasteiger partial charge in [-0.25, -0.2) is 0 Å². The highest BCUT2D eigenvalue weighted by Crippen LogP contribution is 2.39. The van der Waals surface area contributed by atoms with Gasteiger partial charge in [0, 0.05) is 16.9 Å². The maximum atomic E-state index is 5.78. The SMILES string of the molecule is C[C@@H]1CC(C)(C)Nc2cc(N)ccc21. The molecule has 1 atom stereocenters. The second-order valence-corrected chi connectivity index (χ2v) is 4.96. The van der Waals surface area contributed by atoms with Crippen molar-refractivity contribution in [2.24, 2.45) is 0 Å². The van der Waals surface area contributed by atoms with Gasteiger partial charge in [0.25, 0.3) is 0 Å². The van der Waals surface area contributed by atoms with Gasteiger partial charge in [-0.1, -0.05) is 13.0 Å². The predicted molar refractivity (Wildman–Crippen MR) is 61.6 cm³/mol. The van der Waals surface area contributed by atoms with Gasteiger partial charge < -0.3 is 11.1 Å². The van der Waals surface area contributed by atoms with Crippen LogP contribution in [-0.4, -0.2) is 5.54 Å². The molecule has 2 nitrogen and oxygen atoms in total. The van der Waals surface area contributed by atoms with Crippen molar-refractivity contribution in [1.29, 1.82) is 0 Å². The van der Waals surface area contributed by atoms with Gasteiger partial charge in [0.15, 0.2) is 0 Å². The molecule has 0 saturated carbocycles. The summed E-state index contributed by atoms with van der Waals surface area (Å²) in [5.74, 6) is 0.613. The first-order chi connectivity index (χ1) is 6.48. The molecule has 0 fully saturated rings. The zero-order valence-electron chi connectivity index (χ0n) is 9.09. The number of hydrogen-bond acceptors (Lipinski definition) is 2. The molecular weight excluding hydrogens is 172 g/mol. The Morgan fingerprint density at radius 3 is 2.86 bits per heavy atom. The summed E-state index contributed by atoms with van der Waals surface area (Å²) >= 11 is 0. The quantitative estimate of drug-likeness (QED) is 0.617. The number of nitrogen functional groups attached to an aromatic ring is 1. The number of nitrogens with two attached hydrogens (primary N) is 1. The number of fused-ring (bicyclic) bond motifs is 1. The van der Waals surface area contributed by atoms with Crippen molar-refractivity contribution in [2.75, 3.05) is 11.1 Å². The van der Waals surface area contributed by atoms with E-state index in [4.69, 9.17) is 5.73 Å². The molecule has 1 heterocycles. The Bertz CT molecular complexity index is 355. The lowest BCUT2D eigenvalue weighted by Gasteiger charge is -2.37. The van der Waals surface area contributed by atoms with E-state index in [1.165, 1.54) is 17.7 Å². The van der Waals surface area contributed by atoms with Crippen molar-refractivity contribution in [1.82, 2.24) is 0 Å². The summed E-state index contributed by atoms with van der Waals surface area (Å²) in [5, 5.41) is 3.53. The first-order valence-corrected chi connectivity index (χ1v) is 5.15. The molecule has 0 unspecified atom stereocenters. The lowest BCUT2D eigenvalue weighted by molar-refractivity contribution is 0.454. The Balaban J connectivity index is 2.46. The van der Waals surface area contributed by atoms with Gasteiger partial charge in [-0.05, 0) is 43.9 Å². The molecule has 0 spiro atoms. The summed E-state index contributed by atoms with van der Waals surface area (Å²) in [6, 6.07) is 6.15. The molecule has 1 aromatic rings. The standard InChI is InChI=1S/C12H18N2/c1-8-7-12(2,3)14-11-6-9(13)4-5-10(8)11/h4-6,8,14H,7,13H2,1-3H3/t8-/m1/s1. The van der Waals surface area contributed by atoms with Gasteiger partial charge in [-0.3, -0.25) is 0 Å². The maximum absolute atomic E-state index is 5.78. The van der Waals surface area contributed by atoms with E-state index < -0.39 is 0 Å². The van der Waals surface area contributed by atoms with Crippen LogP contribution in [0.3, 0.4) is 0 Å². The number of rotatable bonds is 0. The largest absolute Gasteiger partial charge is 0.399 e. The van der Waals surface area contributed by atoms with E-state index in [1.807, 2.05) is 12.1 Å². The van der Waals surface area contributed by atoms with Crippen LogP contribution in [-0.2, 0) is 0 Å². The lowest BCUT2D eigenvalue weighted by atomic mass is 9.82. The van der Waals surface area contributed by atoms with Crippen molar-refractivity contribution in [3.05, 3.63) is 23.8 Å². The molecule has 0 amide bonds. The molecule has 1 aromatic carbocycles. The predicted octanol–water partition coefficient (Wildman–Crippen LogP) is 2.97. The molecule has 3 N–H and O–H groups in total. The zero-order chi connectivity index (χ0) is 10.3. The number of hydrogen-bond donors (Lipinski definition) is 2. The monoisotopic (exact) mass is 190 g/mol. The highest BCUT2D eigenvalue weighted by atomic mass is 15.0. The highest BCUT2D eigenvalue weighted by molar-refractivity contribution is 5.63. The van der Waals surface area contributed by atoms with E-state index >= 15 is 0 Å². The smallest absolute Gasteiger partial charge is 0.0400 e. The highest BCUT2D eigenvalue weighted by Gasteiger charge is 2.28. The first-order valence-electron chi connectivity index (χ1n) is 5.15. The fraction of sp³-hybridized carbons (Fsp3) is 0.500. The van der Waals surface area contributed by atoms with E-state index in [9.17, 15) is 0 Å². The second kappa shape index (κ2) is 2.91. The van der Waals surface area contributed by atoms with Crippen LogP contribution in [0.4, 0.5) is 11.4 Å². The number of nitrogens with one attached hydrogen (secondary N) is 1. The minimum atomic E-state index is 0.181. The summed E-state index contributed by atoms with van der Waals surface area (Å²) in [5.41, 5.74) is 9.38. The molecular formula is C12H18N2. The van der Waals surface area contributed by atoms with Gasteiger partial charge in [0.2, 0.25) is 0 Å². The maximum Gasteiger partial charge on any atom is 0.0400 e. The van der Waals surface area contributed by atoms with E-state index in [1.54, 1.807) is 0 Å². The molecule has 0 aliphatic carbocycles. The molecule has 0 radical (unpaired) electrons. The van der Waals surface area contributed by atoms with Crippen molar-refractivity contribution in [3.8, 4) is 0 Å². The summed E-state index contributed by atoms with van der Waals surface area (Å²) < 4.78 is 0. The van der Waals surface area contributed by atoms with Crippen molar-refractivity contribution < 1.29 is 0 Å². The Morgan fingerprint density at radius 1 is 1.43 bits per heavy atom. The topological polar surface area (TPSA) is 38.0 Å². The van der Waals surface area contributed by atoms with Crippen LogP contribution in [0.5, 0.6) is 0 Å². The molecule has 2 heteroatoms. The fourth-order valence-electron chi connectivity index (χ4n) is 2.40. The Morgan fingerprint density at radius 2 is 2.14 bits per heavy atom. The molecule has 0 bridgehead atoms. The molecule has 0 aromatic heterocycles. The van der Waals surface area contributed by atoms with Gasteiger partial charge in [0.05, 0.1) is 0 Å². The average molecular weight is 190 g/mol. The van der Waals surface area contributed by atoms with Gasteiger partial charge in [-0.2, -0.15) is 0 Å². The van der Waals surface area contributed by atoms with Crippen molar-refractivity contribution in [3.63, 3.8) is 0 Å². The molecule has 76 valence electrons. The van der Waals surface area contributed by atoms with E-state index in [0.717, 1.165) is 5.69 Å². The Hall–Kier alpha value is -1.18. The van der Waals surface area contributed by atoms with Crippen molar-refractivity contribution in [2.45, 2.75) is 38.6 Å². The lowest BCUT2D eigenvalue weighted by Crippen LogP contribution is -2.36. The van der Waals surface area contributed by atoms with E-state index in [2.05, 4.69) is 32.2 Å². The minimum absolute atomic E-state index is 0.181. The van der Waals surface area contributed by atoms with Crippen molar-refractivity contribution >= 4 is 11.4 Å². The first kappa shape index (κ1) is 9.38. The normalized spacial score (nSPS) is 23.8. The summed E-state index contributed by atoms with van der Waals surface area (Å²) in [6.45, 7) is 6.74. The third-order valence-corrected chi connectivity index (χ3v) is 2.90. The molecule has 0 saturated heterocycles. The second-order valence-electron chi connectivity index (χ2n) is 4.96. The minimum Gasteiger partial charge on any atom is -0.399 e. The molecule has 1 aliphatic rings. The van der Waals surface area contributed by atoms with Gasteiger partial charge in [-0.15, -0.1) is 0 Å². The summed E-state index contributed by atoms with van der Waals surface area (Å²) in [4.78, 5) is 0. The Kier molecular flexibility index (Phi) is 1.95. The summed E-state index contributed by atoms with van der Waals surface area (Å²) in [6.07, 6.45) is 1.17. The van der Waals surface area contributed by atoms with Crippen LogP contribution in [0.2, 0.25) is 0 Å². The summed E-state index contributed by atoms with van der Waals surface area (Å²) in [7, 11) is 0. The third-order valence-electron chi connectivity index (χ3n) is 2.90. The molecule has 2 rings (SSSR count).